The molecule has 1 heterocycles. The van der Waals surface area contributed by atoms with Crippen LogP contribution in [0.1, 0.15) is 31.0 Å². The number of hydrogen-bond acceptors (Lipinski definition) is 2. The van der Waals surface area contributed by atoms with Crippen LogP contribution in [-0.4, -0.2) is 10.8 Å². The molecule has 0 aliphatic heterocycles. The van der Waals surface area contributed by atoms with Crippen LogP contribution in [0.5, 0.6) is 0 Å². The van der Waals surface area contributed by atoms with Crippen molar-refractivity contribution in [3.8, 4) is 0 Å². The van der Waals surface area contributed by atoms with E-state index in [-0.39, 0.29) is 11.5 Å². The Balaban J connectivity index is 3.08. The minimum atomic E-state index is -4.39. The summed E-state index contributed by atoms with van der Waals surface area (Å²) in [4.78, 5) is 14.7. The van der Waals surface area contributed by atoms with Crippen molar-refractivity contribution >= 4 is 5.78 Å². The molecule has 1 aromatic heterocycles. The summed E-state index contributed by atoms with van der Waals surface area (Å²) >= 11 is 0. The number of carbonyl (C=O) groups excluding carboxylic acids is 1. The largest absolute Gasteiger partial charge is 0.416 e. The van der Waals surface area contributed by atoms with Crippen molar-refractivity contribution in [2.45, 2.75) is 25.9 Å². The number of Topliss-reactive ketones (excluding diaryl/α,β-unsaturated/α-hetero) is 1. The summed E-state index contributed by atoms with van der Waals surface area (Å²) in [6.07, 6.45) is -3.33. The fourth-order valence-corrected chi connectivity index (χ4v) is 1.07. The van der Waals surface area contributed by atoms with E-state index >= 15 is 0 Å². The lowest BCUT2D eigenvalue weighted by Gasteiger charge is -2.10. The molecule has 1 aromatic rings. The average Bonchev–Trinajstić information content (AvgIpc) is 2.15. The number of rotatable bonds is 2. The van der Waals surface area contributed by atoms with E-state index in [0.29, 0.717) is 0 Å². The van der Waals surface area contributed by atoms with Crippen LogP contribution < -0.4 is 0 Å². The lowest BCUT2D eigenvalue weighted by Crippen LogP contribution is -2.10. The monoisotopic (exact) mass is 217 g/mol. The van der Waals surface area contributed by atoms with Gasteiger partial charge in [-0.2, -0.15) is 13.2 Å². The molecule has 0 saturated heterocycles. The highest BCUT2D eigenvalue weighted by Crippen LogP contribution is 2.30. The molecule has 82 valence electrons. The van der Waals surface area contributed by atoms with Gasteiger partial charge in [0.1, 0.15) is 5.78 Å². The van der Waals surface area contributed by atoms with Gasteiger partial charge >= 0.3 is 6.18 Å². The molecule has 1 rings (SSSR count). The normalized spacial score (nSPS) is 13.7. The summed E-state index contributed by atoms with van der Waals surface area (Å²) in [5.41, 5.74) is -0.627. The Morgan fingerprint density at radius 1 is 1.47 bits per heavy atom. The third-order valence-corrected chi connectivity index (χ3v) is 2.16. The molecular formula is C10H10F3NO. The Kier molecular flexibility index (Phi) is 3.12. The smallest absolute Gasteiger partial charge is 0.299 e. The van der Waals surface area contributed by atoms with Crippen LogP contribution in [0, 0.1) is 0 Å². The Bertz CT molecular complexity index is 373. The maximum absolute atomic E-state index is 12.3. The van der Waals surface area contributed by atoms with Gasteiger partial charge in [0, 0.05) is 6.20 Å². The topological polar surface area (TPSA) is 30.0 Å². The number of hydrogen-bond donors (Lipinski definition) is 0. The summed E-state index contributed by atoms with van der Waals surface area (Å²) in [6.45, 7) is 2.86. The highest BCUT2D eigenvalue weighted by molar-refractivity contribution is 5.82. The van der Waals surface area contributed by atoms with Gasteiger partial charge in [0.2, 0.25) is 0 Å². The molecule has 0 N–H and O–H groups in total. The van der Waals surface area contributed by atoms with Crippen LogP contribution in [0.2, 0.25) is 0 Å². The van der Waals surface area contributed by atoms with Crippen LogP contribution in [-0.2, 0) is 11.0 Å². The second kappa shape index (κ2) is 4.00. The van der Waals surface area contributed by atoms with Crippen molar-refractivity contribution in [3.05, 3.63) is 29.6 Å². The van der Waals surface area contributed by atoms with E-state index in [9.17, 15) is 18.0 Å². The number of aromatic nitrogens is 1. The molecule has 0 aliphatic carbocycles. The Morgan fingerprint density at radius 2 is 2.07 bits per heavy atom. The Labute approximate surface area is 85.1 Å². The van der Waals surface area contributed by atoms with Gasteiger partial charge in [-0.1, -0.05) is 0 Å². The molecule has 15 heavy (non-hydrogen) atoms. The van der Waals surface area contributed by atoms with Gasteiger partial charge in [-0.05, 0) is 26.0 Å². The number of ketones is 1. The zero-order valence-electron chi connectivity index (χ0n) is 8.30. The van der Waals surface area contributed by atoms with Gasteiger partial charge in [0.15, 0.2) is 0 Å². The first-order valence-corrected chi connectivity index (χ1v) is 4.36. The van der Waals surface area contributed by atoms with Gasteiger partial charge < -0.3 is 0 Å². The molecule has 0 fully saturated rings. The summed E-state index contributed by atoms with van der Waals surface area (Å²) in [7, 11) is 0. The van der Waals surface area contributed by atoms with Gasteiger partial charge in [-0.15, -0.1) is 0 Å². The first-order valence-electron chi connectivity index (χ1n) is 4.36. The van der Waals surface area contributed by atoms with Crippen molar-refractivity contribution in [2.75, 3.05) is 0 Å². The van der Waals surface area contributed by atoms with Gasteiger partial charge in [-0.3, -0.25) is 9.78 Å². The maximum atomic E-state index is 12.3. The van der Waals surface area contributed by atoms with Crippen molar-refractivity contribution in [1.29, 1.82) is 0 Å². The molecule has 5 heteroatoms. The Hall–Kier alpha value is -1.39. The highest BCUT2D eigenvalue weighted by atomic mass is 19.4. The van der Waals surface area contributed by atoms with E-state index in [1.165, 1.54) is 13.8 Å². The molecule has 0 spiro atoms. The minimum absolute atomic E-state index is 0.150. The second-order valence-corrected chi connectivity index (χ2v) is 3.30. The molecule has 0 aliphatic rings. The zero-order valence-corrected chi connectivity index (χ0v) is 8.30. The Morgan fingerprint density at radius 3 is 2.53 bits per heavy atom. The predicted molar refractivity (Wildman–Crippen MR) is 48.3 cm³/mol. The quantitative estimate of drug-likeness (QED) is 0.762. The number of nitrogens with zero attached hydrogens (tertiary/aromatic N) is 1. The van der Waals surface area contributed by atoms with Crippen LogP contribution >= 0.6 is 0 Å². The van der Waals surface area contributed by atoms with E-state index < -0.39 is 17.7 Å². The van der Waals surface area contributed by atoms with E-state index in [1.807, 2.05) is 0 Å². The van der Waals surface area contributed by atoms with Crippen LogP contribution in [0.4, 0.5) is 13.2 Å². The molecule has 2 nitrogen and oxygen atoms in total. The first kappa shape index (κ1) is 11.7. The standard InChI is InChI=1S/C10H10F3NO/c1-6(7(2)15)9-5-8(3-4-14-9)10(11,12)13/h3-6H,1-2H3. The number of carbonyl (C=O) groups is 1. The lowest BCUT2D eigenvalue weighted by atomic mass is 10.0. The number of alkyl halides is 3. The van der Waals surface area contributed by atoms with Gasteiger partial charge in [0.05, 0.1) is 17.2 Å². The van der Waals surface area contributed by atoms with Gasteiger partial charge in [-0.25, -0.2) is 0 Å². The van der Waals surface area contributed by atoms with Crippen LogP contribution in [0.25, 0.3) is 0 Å². The molecule has 0 aromatic carbocycles. The van der Waals surface area contributed by atoms with E-state index in [1.54, 1.807) is 0 Å². The fourth-order valence-electron chi connectivity index (χ4n) is 1.07. The molecule has 0 saturated carbocycles. The summed E-state index contributed by atoms with van der Waals surface area (Å²) < 4.78 is 37.0. The maximum Gasteiger partial charge on any atom is 0.416 e. The fraction of sp³-hybridized carbons (Fsp3) is 0.400. The third kappa shape index (κ3) is 2.78. The lowest BCUT2D eigenvalue weighted by molar-refractivity contribution is -0.137. The highest BCUT2D eigenvalue weighted by Gasteiger charge is 2.31. The summed E-state index contributed by atoms with van der Waals surface area (Å²) in [5.74, 6) is -0.811. The van der Waals surface area contributed by atoms with Crippen molar-refractivity contribution in [3.63, 3.8) is 0 Å². The summed E-state index contributed by atoms with van der Waals surface area (Å²) in [5, 5.41) is 0. The number of pyridine rings is 1. The molecule has 1 unspecified atom stereocenters. The van der Waals surface area contributed by atoms with E-state index in [2.05, 4.69) is 4.98 Å². The second-order valence-electron chi connectivity index (χ2n) is 3.30. The van der Waals surface area contributed by atoms with E-state index in [4.69, 9.17) is 0 Å². The molecule has 1 atom stereocenters. The predicted octanol–water partition coefficient (Wildman–Crippen LogP) is 2.79. The van der Waals surface area contributed by atoms with Crippen molar-refractivity contribution < 1.29 is 18.0 Å². The van der Waals surface area contributed by atoms with Crippen LogP contribution in [0.3, 0.4) is 0 Å². The molecular weight excluding hydrogens is 207 g/mol. The minimum Gasteiger partial charge on any atom is -0.299 e. The average molecular weight is 217 g/mol. The van der Waals surface area contributed by atoms with Crippen molar-refractivity contribution in [1.82, 2.24) is 4.98 Å². The summed E-state index contributed by atoms with van der Waals surface area (Å²) in [6, 6.07) is 1.79. The SMILES string of the molecule is CC(=O)C(C)c1cc(C(F)(F)F)ccn1. The molecule has 0 bridgehead atoms. The molecule has 0 radical (unpaired) electrons. The number of halogens is 3. The zero-order chi connectivity index (χ0) is 11.6. The van der Waals surface area contributed by atoms with E-state index in [0.717, 1.165) is 18.3 Å². The molecule has 0 amide bonds. The van der Waals surface area contributed by atoms with Gasteiger partial charge in [0.25, 0.3) is 0 Å². The third-order valence-electron chi connectivity index (χ3n) is 2.16. The first-order chi connectivity index (χ1) is 6.82. The van der Waals surface area contributed by atoms with Crippen LogP contribution in [0.15, 0.2) is 18.3 Å². The van der Waals surface area contributed by atoms with Crippen molar-refractivity contribution in [2.24, 2.45) is 0 Å².